The average Bonchev–Trinajstić information content (AvgIpc) is 3.42. The topological polar surface area (TPSA) is 82.9 Å². The molecule has 2 heterocycles. The Morgan fingerprint density at radius 2 is 1.93 bits per heavy atom. The van der Waals surface area contributed by atoms with Gasteiger partial charge in [0.05, 0.1) is 24.8 Å². The maximum Gasteiger partial charge on any atom is 0.262 e. The van der Waals surface area contributed by atoms with E-state index in [-0.39, 0.29) is 5.91 Å². The standard InChI is InChI=1S/C23H23N5O2/c1-16(25-13-12-18-14-24-15-26-18)21-22(17-8-10-20(30-2)11-9-17)27-28(23(21)29)19-6-4-3-5-7-19/h3-11,14-15,21H,12-13H2,1-2H3,(H,24,26). The summed E-state index contributed by atoms with van der Waals surface area (Å²) in [5.74, 6) is 0.125. The summed E-state index contributed by atoms with van der Waals surface area (Å²) >= 11 is 0. The summed E-state index contributed by atoms with van der Waals surface area (Å²) in [7, 11) is 1.63. The van der Waals surface area contributed by atoms with Crippen LogP contribution in [0.3, 0.4) is 0 Å². The molecular weight excluding hydrogens is 378 g/mol. The van der Waals surface area contributed by atoms with E-state index in [4.69, 9.17) is 4.74 Å². The third-order valence-corrected chi connectivity index (χ3v) is 5.04. The second kappa shape index (κ2) is 8.73. The molecule has 0 aliphatic carbocycles. The number of hydrogen-bond acceptors (Lipinski definition) is 5. The van der Waals surface area contributed by atoms with Gasteiger partial charge >= 0.3 is 0 Å². The van der Waals surface area contributed by atoms with Crippen LogP contribution in [0.2, 0.25) is 0 Å². The van der Waals surface area contributed by atoms with E-state index in [2.05, 4.69) is 20.1 Å². The molecule has 1 aliphatic heterocycles. The van der Waals surface area contributed by atoms with Crippen LogP contribution in [0, 0.1) is 5.92 Å². The van der Waals surface area contributed by atoms with E-state index in [0.29, 0.717) is 12.3 Å². The molecule has 1 N–H and O–H groups in total. The zero-order chi connectivity index (χ0) is 20.9. The summed E-state index contributed by atoms with van der Waals surface area (Å²) in [6.07, 6.45) is 4.17. The number of nitrogens with zero attached hydrogens (tertiary/aromatic N) is 4. The molecule has 7 heteroatoms. The minimum atomic E-state index is -0.527. The van der Waals surface area contributed by atoms with Gasteiger partial charge in [-0.25, -0.2) is 4.98 Å². The van der Waals surface area contributed by atoms with Crippen molar-refractivity contribution in [1.82, 2.24) is 9.97 Å². The van der Waals surface area contributed by atoms with Crippen LogP contribution >= 0.6 is 0 Å². The summed E-state index contributed by atoms with van der Waals surface area (Å²) < 4.78 is 5.26. The molecule has 0 saturated heterocycles. The quantitative estimate of drug-likeness (QED) is 0.615. The van der Waals surface area contributed by atoms with Gasteiger partial charge in [0, 0.05) is 30.6 Å². The zero-order valence-electron chi connectivity index (χ0n) is 16.9. The molecule has 3 aromatic rings. The fourth-order valence-corrected chi connectivity index (χ4v) is 3.44. The molecule has 1 amide bonds. The molecule has 0 radical (unpaired) electrons. The molecule has 0 saturated carbocycles. The highest BCUT2D eigenvalue weighted by atomic mass is 16.5. The SMILES string of the molecule is COc1ccc(C2=NN(c3ccccc3)C(=O)C2C(C)=NCCc2cnc[nH]2)cc1. The number of carbonyl (C=O) groups excluding carboxylic acids is 1. The van der Waals surface area contributed by atoms with Gasteiger partial charge in [-0.05, 0) is 48.9 Å². The van der Waals surface area contributed by atoms with Crippen LogP contribution in [0.1, 0.15) is 18.2 Å². The van der Waals surface area contributed by atoms with Crippen molar-refractivity contribution in [3.8, 4) is 5.75 Å². The first-order valence-corrected chi connectivity index (χ1v) is 9.77. The first-order valence-electron chi connectivity index (χ1n) is 9.77. The average molecular weight is 401 g/mol. The van der Waals surface area contributed by atoms with Gasteiger partial charge in [-0.1, -0.05) is 18.2 Å². The Kier molecular flexibility index (Phi) is 5.70. The van der Waals surface area contributed by atoms with E-state index in [9.17, 15) is 4.79 Å². The van der Waals surface area contributed by atoms with Crippen LogP contribution in [0.25, 0.3) is 0 Å². The number of hydrogen-bond donors (Lipinski definition) is 1. The van der Waals surface area contributed by atoms with Crippen molar-refractivity contribution in [1.29, 1.82) is 0 Å². The summed E-state index contributed by atoms with van der Waals surface area (Å²) in [6.45, 7) is 2.46. The molecule has 0 bridgehead atoms. The fraction of sp³-hybridized carbons (Fsp3) is 0.217. The minimum Gasteiger partial charge on any atom is -0.497 e. The first-order chi connectivity index (χ1) is 14.7. The monoisotopic (exact) mass is 401 g/mol. The van der Waals surface area contributed by atoms with Crippen LogP contribution in [-0.4, -0.2) is 41.0 Å². The second-order valence-electron chi connectivity index (χ2n) is 6.98. The Morgan fingerprint density at radius 1 is 1.17 bits per heavy atom. The predicted octanol–water partition coefficient (Wildman–Crippen LogP) is 3.49. The smallest absolute Gasteiger partial charge is 0.262 e. The predicted molar refractivity (Wildman–Crippen MR) is 117 cm³/mol. The van der Waals surface area contributed by atoms with Crippen LogP contribution in [0.5, 0.6) is 5.75 Å². The van der Waals surface area contributed by atoms with Gasteiger partial charge in [0.25, 0.3) is 5.91 Å². The number of para-hydroxylation sites is 1. The Bertz CT molecular complexity index is 1060. The van der Waals surface area contributed by atoms with Gasteiger partial charge in [0.2, 0.25) is 0 Å². The number of aromatic nitrogens is 2. The lowest BCUT2D eigenvalue weighted by Gasteiger charge is -2.14. The number of H-pyrrole nitrogens is 1. The molecule has 1 aliphatic rings. The number of anilines is 1. The zero-order valence-corrected chi connectivity index (χ0v) is 16.9. The van der Waals surface area contributed by atoms with Crippen molar-refractivity contribution in [2.24, 2.45) is 16.0 Å². The number of aromatic amines is 1. The third kappa shape index (κ3) is 4.00. The van der Waals surface area contributed by atoms with Crippen LogP contribution in [0.4, 0.5) is 5.69 Å². The lowest BCUT2D eigenvalue weighted by atomic mass is 9.92. The lowest BCUT2D eigenvalue weighted by Crippen LogP contribution is -2.32. The van der Waals surface area contributed by atoms with Crippen molar-refractivity contribution in [3.63, 3.8) is 0 Å². The van der Waals surface area contributed by atoms with Crippen LogP contribution < -0.4 is 9.75 Å². The van der Waals surface area contributed by atoms with Gasteiger partial charge in [-0.2, -0.15) is 10.1 Å². The molecular formula is C23H23N5O2. The highest BCUT2D eigenvalue weighted by Gasteiger charge is 2.39. The van der Waals surface area contributed by atoms with Crippen molar-refractivity contribution in [2.45, 2.75) is 13.3 Å². The van der Waals surface area contributed by atoms with E-state index in [1.807, 2.05) is 61.5 Å². The van der Waals surface area contributed by atoms with Gasteiger partial charge < -0.3 is 9.72 Å². The Morgan fingerprint density at radius 3 is 2.60 bits per heavy atom. The number of methoxy groups -OCH3 is 1. The molecule has 0 fully saturated rings. The van der Waals surface area contributed by atoms with E-state index in [0.717, 1.165) is 34.8 Å². The van der Waals surface area contributed by atoms with Crippen molar-refractivity contribution < 1.29 is 9.53 Å². The number of rotatable bonds is 7. The van der Waals surface area contributed by atoms with Crippen LogP contribution in [0.15, 0.2) is 77.2 Å². The van der Waals surface area contributed by atoms with Gasteiger partial charge in [0.15, 0.2) is 0 Å². The summed E-state index contributed by atoms with van der Waals surface area (Å²) in [6, 6.07) is 17.0. The van der Waals surface area contributed by atoms with E-state index < -0.39 is 5.92 Å². The van der Waals surface area contributed by atoms with Crippen molar-refractivity contribution in [3.05, 3.63) is 78.4 Å². The Labute approximate surface area is 175 Å². The van der Waals surface area contributed by atoms with Crippen molar-refractivity contribution in [2.75, 3.05) is 18.7 Å². The minimum absolute atomic E-state index is 0.102. The van der Waals surface area contributed by atoms with E-state index in [1.165, 1.54) is 5.01 Å². The molecule has 1 aromatic heterocycles. The van der Waals surface area contributed by atoms with Crippen molar-refractivity contribution >= 4 is 23.0 Å². The summed E-state index contributed by atoms with van der Waals surface area (Å²) in [5.41, 5.74) is 4.05. The number of aliphatic imine (C=N–C) groups is 1. The van der Waals surface area contributed by atoms with E-state index in [1.54, 1.807) is 19.6 Å². The van der Waals surface area contributed by atoms with Gasteiger partial charge in [-0.3, -0.25) is 9.79 Å². The normalized spacial score (nSPS) is 16.7. The number of benzene rings is 2. The first kappa shape index (κ1) is 19.6. The highest BCUT2D eigenvalue weighted by molar-refractivity contribution is 6.32. The number of carbonyl (C=O) groups is 1. The number of hydrazone groups is 1. The maximum atomic E-state index is 13.3. The second-order valence-corrected chi connectivity index (χ2v) is 6.98. The maximum absolute atomic E-state index is 13.3. The molecule has 2 aromatic carbocycles. The van der Waals surface area contributed by atoms with Gasteiger partial charge in [-0.15, -0.1) is 0 Å². The molecule has 30 heavy (non-hydrogen) atoms. The molecule has 1 atom stereocenters. The molecule has 4 rings (SSSR count). The fourth-order valence-electron chi connectivity index (χ4n) is 3.44. The number of imidazole rings is 1. The number of amides is 1. The molecule has 152 valence electrons. The summed E-state index contributed by atoms with van der Waals surface area (Å²) in [5, 5.41) is 6.16. The summed E-state index contributed by atoms with van der Waals surface area (Å²) in [4.78, 5) is 25.1. The third-order valence-electron chi connectivity index (χ3n) is 5.04. The number of ether oxygens (including phenoxy) is 1. The van der Waals surface area contributed by atoms with E-state index >= 15 is 0 Å². The number of nitrogens with one attached hydrogen (secondary N) is 1. The Balaban J connectivity index is 1.64. The largest absolute Gasteiger partial charge is 0.497 e. The highest BCUT2D eigenvalue weighted by Crippen LogP contribution is 2.28. The lowest BCUT2D eigenvalue weighted by molar-refractivity contribution is -0.118. The molecule has 7 nitrogen and oxygen atoms in total. The van der Waals surface area contributed by atoms with Gasteiger partial charge in [0.1, 0.15) is 11.7 Å². The molecule has 1 unspecified atom stereocenters. The Hall–Kier alpha value is -3.74. The van der Waals surface area contributed by atoms with Crippen LogP contribution in [-0.2, 0) is 11.2 Å². The molecule has 0 spiro atoms.